The molecule has 21 heavy (non-hydrogen) atoms. The highest BCUT2D eigenvalue weighted by Gasteiger charge is 2.08. The minimum atomic E-state index is -0.211. The highest BCUT2D eigenvalue weighted by Crippen LogP contribution is 2.21. The standard InChI is InChI=1S/C16H15Cl2NO2/c1-11-10-12(17)6-7-15(11)21-9-8-19-16(20)13-4-2-3-5-14(13)18/h2-7,10H,8-9H2,1H3,(H,19,20). The molecule has 0 atom stereocenters. The lowest BCUT2D eigenvalue weighted by molar-refractivity contribution is 0.0947. The molecule has 110 valence electrons. The van der Waals surface area contributed by atoms with E-state index >= 15 is 0 Å². The maximum Gasteiger partial charge on any atom is 0.252 e. The van der Waals surface area contributed by atoms with Crippen LogP contribution in [0.15, 0.2) is 42.5 Å². The average molecular weight is 324 g/mol. The van der Waals surface area contributed by atoms with Crippen LogP contribution in [0.3, 0.4) is 0 Å². The number of carbonyl (C=O) groups excluding carboxylic acids is 1. The van der Waals surface area contributed by atoms with E-state index in [1.807, 2.05) is 19.1 Å². The van der Waals surface area contributed by atoms with Gasteiger partial charge in [0.1, 0.15) is 12.4 Å². The predicted molar refractivity (Wildman–Crippen MR) is 85.5 cm³/mol. The summed E-state index contributed by atoms with van der Waals surface area (Å²) in [5.41, 5.74) is 1.42. The van der Waals surface area contributed by atoms with Crippen molar-refractivity contribution in [1.29, 1.82) is 0 Å². The zero-order valence-corrected chi connectivity index (χ0v) is 13.0. The summed E-state index contributed by atoms with van der Waals surface area (Å²) < 4.78 is 5.60. The van der Waals surface area contributed by atoms with E-state index in [0.717, 1.165) is 11.3 Å². The van der Waals surface area contributed by atoms with Crippen LogP contribution in [0, 0.1) is 6.92 Å². The zero-order chi connectivity index (χ0) is 15.2. The number of benzene rings is 2. The van der Waals surface area contributed by atoms with Gasteiger partial charge in [-0.3, -0.25) is 4.79 Å². The number of amides is 1. The molecule has 5 heteroatoms. The monoisotopic (exact) mass is 323 g/mol. The summed E-state index contributed by atoms with van der Waals surface area (Å²) in [7, 11) is 0. The Kier molecular flexibility index (Phi) is 5.48. The van der Waals surface area contributed by atoms with Gasteiger partial charge < -0.3 is 10.1 Å². The highest BCUT2D eigenvalue weighted by molar-refractivity contribution is 6.33. The SMILES string of the molecule is Cc1cc(Cl)ccc1OCCNC(=O)c1ccccc1Cl. The Morgan fingerprint density at radius 3 is 2.67 bits per heavy atom. The van der Waals surface area contributed by atoms with Crippen LogP contribution in [0.1, 0.15) is 15.9 Å². The number of aryl methyl sites for hydroxylation is 1. The second kappa shape index (κ2) is 7.34. The molecule has 1 N–H and O–H groups in total. The predicted octanol–water partition coefficient (Wildman–Crippen LogP) is 4.11. The summed E-state index contributed by atoms with van der Waals surface area (Å²) in [6.45, 7) is 2.69. The Morgan fingerprint density at radius 1 is 1.19 bits per heavy atom. The summed E-state index contributed by atoms with van der Waals surface area (Å²) in [4.78, 5) is 11.9. The molecule has 1 amide bonds. The molecule has 0 aromatic heterocycles. The Labute approximate surface area is 133 Å². The van der Waals surface area contributed by atoms with Crippen molar-refractivity contribution in [3.05, 3.63) is 63.6 Å². The van der Waals surface area contributed by atoms with Crippen molar-refractivity contribution in [3.63, 3.8) is 0 Å². The van der Waals surface area contributed by atoms with Gasteiger partial charge in [-0.05, 0) is 42.8 Å². The molecule has 0 radical (unpaired) electrons. The zero-order valence-electron chi connectivity index (χ0n) is 11.5. The van der Waals surface area contributed by atoms with Crippen LogP contribution in [-0.2, 0) is 0 Å². The number of rotatable bonds is 5. The summed E-state index contributed by atoms with van der Waals surface area (Å²) in [5, 5.41) is 3.87. The maximum atomic E-state index is 11.9. The van der Waals surface area contributed by atoms with Gasteiger partial charge in [0.05, 0.1) is 17.1 Å². The molecule has 0 aliphatic rings. The van der Waals surface area contributed by atoms with Crippen molar-refractivity contribution in [2.75, 3.05) is 13.2 Å². The van der Waals surface area contributed by atoms with E-state index in [1.54, 1.807) is 30.3 Å². The molecule has 0 saturated heterocycles. The molecule has 0 heterocycles. The van der Waals surface area contributed by atoms with Crippen LogP contribution in [0.4, 0.5) is 0 Å². The second-order valence-corrected chi connectivity index (χ2v) is 5.34. The molecule has 0 bridgehead atoms. The third-order valence-corrected chi connectivity index (χ3v) is 3.47. The first-order valence-corrected chi connectivity index (χ1v) is 7.25. The van der Waals surface area contributed by atoms with Gasteiger partial charge in [0, 0.05) is 5.02 Å². The Bertz CT molecular complexity index is 644. The van der Waals surface area contributed by atoms with Gasteiger partial charge >= 0.3 is 0 Å². The van der Waals surface area contributed by atoms with Gasteiger partial charge in [0.25, 0.3) is 5.91 Å². The second-order valence-electron chi connectivity index (χ2n) is 4.49. The number of halogens is 2. The van der Waals surface area contributed by atoms with E-state index in [1.165, 1.54) is 0 Å². The fraction of sp³-hybridized carbons (Fsp3) is 0.188. The molecule has 3 nitrogen and oxygen atoms in total. The topological polar surface area (TPSA) is 38.3 Å². The van der Waals surface area contributed by atoms with Gasteiger partial charge in [0.15, 0.2) is 0 Å². The van der Waals surface area contributed by atoms with Crippen LogP contribution in [0.25, 0.3) is 0 Å². The largest absolute Gasteiger partial charge is 0.491 e. The molecule has 0 saturated carbocycles. The van der Waals surface area contributed by atoms with Crippen molar-refractivity contribution in [3.8, 4) is 5.75 Å². The van der Waals surface area contributed by atoms with Crippen LogP contribution < -0.4 is 10.1 Å². The Hall–Kier alpha value is -1.71. The molecule has 0 unspecified atom stereocenters. The fourth-order valence-corrected chi connectivity index (χ4v) is 2.29. The van der Waals surface area contributed by atoms with Gasteiger partial charge in [-0.15, -0.1) is 0 Å². The summed E-state index contributed by atoms with van der Waals surface area (Å²) >= 11 is 11.8. The van der Waals surface area contributed by atoms with Crippen LogP contribution >= 0.6 is 23.2 Å². The van der Waals surface area contributed by atoms with Crippen LogP contribution in [-0.4, -0.2) is 19.1 Å². The number of nitrogens with one attached hydrogen (secondary N) is 1. The third-order valence-electron chi connectivity index (χ3n) is 2.90. The lowest BCUT2D eigenvalue weighted by atomic mass is 10.2. The molecule has 0 spiro atoms. The fourth-order valence-electron chi connectivity index (χ4n) is 1.84. The van der Waals surface area contributed by atoms with E-state index in [-0.39, 0.29) is 5.91 Å². The summed E-state index contributed by atoms with van der Waals surface area (Å²) in [6.07, 6.45) is 0. The van der Waals surface area contributed by atoms with Gasteiger partial charge in [0.2, 0.25) is 0 Å². The number of hydrogen-bond donors (Lipinski definition) is 1. The Balaban J connectivity index is 1.82. The molecular weight excluding hydrogens is 309 g/mol. The minimum absolute atomic E-state index is 0.211. The highest BCUT2D eigenvalue weighted by atomic mass is 35.5. The average Bonchev–Trinajstić information content (AvgIpc) is 2.45. The van der Waals surface area contributed by atoms with Crippen molar-refractivity contribution in [2.24, 2.45) is 0 Å². The van der Waals surface area contributed by atoms with Crippen molar-refractivity contribution in [1.82, 2.24) is 5.32 Å². The quantitative estimate of drug-likeness (QED) is 0.841. The van der Waals surface area contributed by atoms with Crippen molar-refractivity contribution in [2.45, 2.75) is 6.92 Å². The summed E-state index contributed by atoms with van der Waals surface area (Å²) in [6, 6.07) is 12.3. The lowest BCUT2D eigenvalue weighted by Gasteiger charge is -2.10. The number of carbonyl (C=O) groups is 1. The smallest absolute Gasteiger partial charge is 0.252 e. The van der Waals surface area contributed by atoms with Crippen LogP contribution in [0.2, 0.25) is 10.0 Å². The first-order chi connectivity index (χ1) is 10.1. The van der Waals surface area contributed by atoms with Gasteiger partial charge in [-0.1, -0.05) is 35.3 Å². The van der Waals surface area contributed by atoms with Gasteiger partial charge in [-0.2, -0.15) is 0 Å². The maximum absolute atomic E-state index is 11.9. The first kappa shape index (κ1) is 15.7. The lowest BCUT2D eigenvalue weighted by Crippen LogP contribution is -2.28. The molecule has 0 aliphatic heterocycles. The van der Waals surface area contributed by atoms with E-state index in [4.69, 9.17) is 27.9 Å². The van der Waals surface area contributed by atoms with E-state index in [2.05, 4.69) is 5.32 Å². The first-order valence-electron chi connectivity index (χ1n) is 6.49. The van der Waals surface area contributed by atoms with E-state index in [0.29, 0.717) is 28.8 Å². The molecule has 0 aliphatic carbocycles. The van der Waals surface area contributed by atoms with E-state index in [9.17, 15) is 4.79 Å². The minimum Gasteiger partial charge on any atom is -0.491 e. The molecule has 2 aromatic rings. The molecular formula is C16H15Cl2NO2. The molecule has 0 fully saturated rings. The van der Waals surface area contributed by atoms with E-state index < -0.39 is 0 Å². The molecule has 2 aromatic carbocycles. The van der Waals surface area contributed by atoms with Crippen molar-refractivity contribution >= 4 is 29.1 Å². The van der Waals surface area contributed by atoms with Crippen LogP contribution in [0.5, 0.6) is 5.75 Å². The molecule has 2 rings (SSSR count). The number of hydrogen-bond acceptors (Lipinski definition) is 2. The normalized spacial score (nSPS) is 10.2. The summed E-state index contributed by atoms with van der Waals surface area (Å²) in [5.74, 6) is 0.545. The van der Waals surface area contributed by atoms with Gasteiger partial charge in [-0.25, -0.2) is 0 Å². The third kappa shape index (κ3) is 4.38. The Morgan fingerprint density at radius 2 is 1.95 bits per heavy atom. The number of ether oxygens (including phenoxy) is 1. The van der Waals surface area contributed by atoms with Crippen molar-refractivity contribution < 1.29 is 9.53 Å².